The molecule has 0 spiro atoms. The Bertz CT molecular complexity index is 1250. The van der Waals surface area contributed by atoms with E-state index in [2.05, 4.69) is 15.6 Å². The summed E-state index contributed by atoms with van der Waals surface area (Å²) in [4.78, 5) is 4.81. The van der Waals surface area contributed by atoms with Gasteiger partial charge >= 0.3 is 0 Å². The first-order chi connectivity index (χ1) is 13.3. The molecule has 7 heteroatoms. The van der Waals surface area contributed by atoms with Gasteiger partial charge in [-0.05, 0) is 36.4 Å². The van der Waals surface area contributed by atoms with Crippen LogP contribution in [0.3, 0.4) is 0 Å². The molecule has 0 amide bonds. The molecule has 27 heavy (non-hydrogen) atoms. The molecule has 3 heterocycles. The van der Waals surface area contributed by atoms with E-state index >= 15 is 0 Å². The van der Waals surface area contributed by atoms with Gasteiger partial charge in [0.25, 0.3) is 0 Å². The standard InChI is InChI=1S/C20H14ClN5O/c21-14-6-3-5-13(11-14)18-20-23-19(22-12-15-7-4-10-27-15)16-8-1-2-9-17(16)26(20)25-24-18/h1-11H,12H2,(H,22,23). The van der Waals surface area contributed by atoms with E-state index < -0.39 is 0 Å². The Morgan fingerprint density at radius 2 is 1.96 bits per heavy atom. The van der Waals surface area contributed by atoms with Gasteiger partial charge in [-0.3, -0.25) is 0 Å². The topological polar surface area (TPSA) is 68.2 Å². The molecule has 3 aromatic heterocycles. The van der Waals surface area contributed by atoms with Crippen molar-refractivity contribution in [1.82, 2.24) is 19.8 Å². The van der Waals surface area contributed by atoms with E-state index in [0.717, 1.165) is 28.0 Å². The lowest BCUT2D eigenvalue weighted by Crippen LogP contribution is -2.04. The van der Waals surface area contributed by atoms with Gasteiger partial charge in [-0.25, -0.2) is 4.98 Å². The van der Waals surface area contributed by atoms with Crippen molar-refractivity contribution in [3.05, 3.63) is 77.7 Å². The number of furan rings is 1. The van der Waals surface area contributed by atoms with Gasteiger partial charge in [0.2, 0.25) is 0 Å². The summed E-state index contributed by atoms with van der Waals surface area (Å²) in [5.74, 6) is 1.59. The molecule has 132 valence electrons. The molecular weight excluding hydrogens is 362 g/mol. The lowest BCUT2D eigenvalue weighted by atomic mass is 10.1. The third-order valence-corrected chi connectivity index (χ3v) is 4.59. The van der Waals surface area contributed by atoms with Crippen LogP contribution in [0, 0.1) is 0 Å². The number of para-hydroxylation sites is 1. The summed E-state index contributed by atoms with van der Waals surface area (Å²) in [5.41, 5.74) is 3.14. The highest BCUT2D eigenvalue weighted by Gasteiger charge is 2.16. The number of hydrogen-bond acceptors (Lipinski definition) is 5. The number of benzene rings is 2. The van der Waals surface area contributed by atoms with Crippen LogP contribution < -0.4 is 5.32 Å². The second kappa shape index (κ2) is 6.41. The minimum absolute atomic E-state index is 0.536. The number of aromatic nitrogens is 4. The summed E-state index contributed by atoms with van der Waals surface area (Å²) >= 11 is 6.15. The fourth-order valence-corrected chi connectivity index (χ4v) is 3.30. The van der Waals surface area contributed by atoms with Gasteiger partial charge in [-0.2, -0.15) is 4.52 Å². The molecule has 0 aliphatic carbocycles. The van der Waals surface area contributed by atoms with Gasteiger partial charge in [-0.15, -0.1) is 5.10 Å². The molecule has 0 fully saturated rings. The van der Waals surface area contributed by atoms with Gasteiger partial charge in [0, 0.05) is 16.0 Å². The summed E-state index contributed by atoms with van der Waals surface area (Å²) < 4.78 is 7.16. The molecular formula is C20H14ClN5O. The number of nitrogens with one attached hydrogen (secondary N) is 1. The molecule has 5 rings (SSSR count). The Balaban J connectivity index is 1.69. The molecule has 6 nitrogen and oxygen atoms in total. The van der Waals surface area contributed by atoms with E-state index in [-0.39, 0.29) is 0 Å². The lowest BCUT2D eigenvalue weighted by Gasteiger charge is -2.09. The van der Waals surface area contributed by atoms with Crippen LogP contribution in [0.2, 0.25) is 5.02 Å². The summed E-state index contributed by atoms with van der Waals surface area (Å²) in [7, 11) is 0. The van der Waals surface area contributed by atoms with Crippen LogP contribution in [0.1, 0.15) is 5.76 Å². The van der Waals surface area contributed by atoms with Crippen molar-refractivity contribution in [2.24, 2.45) is 0 Å². The van der Waals surface area contributed by atoms with Crippen LogP contribution in [-0.4, -0.2) is 19.8 Å². The van der Waals surface area contributed by atoms with Gasteiger partial charge in [-0.1, -0.05) is 41.1 Å². The molecule has 1 N–H and O–H groups in total. The summed E-state index contributed by atoms with van der Waals surface area (Å²) in [6, 6.07) is 19.3. The third-order valence-electron chi connectivity index (χ3n) is 4.36. The Labute approximate surface area is 159 Å². The lowest BCUT2D eigenvalue weighted by molar-refractivity contribution is 0.518. The maximum absolute atomic E-state index is 6.15. The van der Waals surface area contributed by atoms with Crippen LogP contribution in [0.15, 0.2) is 71.3 Å². The van der Waals surface area contributed by atoms with E-state index in [1.165, 1.54) is 0 Å². The fourth-order valence-electron chi connectivity index (χ4n) is 3.11. The monoisotopic (exact) mass is 375 g/mol. The molecule has 0 saturated heterocycles. The molecule has 0 radical (unpaired) electrons. The second-order valence-electron chi connectivity index (χ2n) is 6.09. The number of anilines is 1. The number of rotatable bonds is 4. The van der Waals surface area contributed by atoms with Crippen molar-refractivity contribution in [2.75, 3.05) is 5.32 Å². The second-order valence-corrected chi connectivity index (χ2v) is 6.53. The maximum Gasteiger partial charge on any atom is 0.186 e. The highest BCUT2D eigenvalue weighted by Crippen LogP contribution is 2.29. The first-order valence-corrected chi connectivity index (χ1v) is 8.84. The SMILES string of the molecule is Clc1cccc(-c2nnn3c2nc(NCc2ccco2)c2ccccc23)c1. The van der Waals surface area contributed by atoms with Crippen molar-refractivity contribution in [3.63, 3.8) is 0 Å². The highest BCUT2D eigenvalue weighted by atomic mass is 35.5. The summed E-state index contributed by atoms with van der Waals surface area (Å²) in [6.07, 6.45) is 1.66. The molecule has 0 saturated carbocycles. The molecule has 0 aliphatic rings. The van der Waals surface area contributed by atoms with Crippen LogP contribution >= 0.6 is 11.6 Å². The Morgan fingerprint density at radius 1 is 1.04 bits per heavy atom. The maximum atomic E-state index is 6.15. The minimum Gasteiger partial charge on any atom is -0.467 e. The summed E-state index contributed by atoms with van der Waals surface area (Å²) in [5, 5.41) is 13.6. The van der Waals surface area contributed by atoms with Crippen molar-refractivity contribution in [1.29, 1.82) is 0 Å². The number of hydrogen-bond donors (Lipinski definition) is 1. The molecule has 0 atom stereocenters. The molecule has 5 aromatic rings. The average molecular weight is 376 g/mol. The van der Waals surface area contributed by atoms with Gasteiger partial charge < -0.3 is 9.73 Å². The Morgan fingerprint density at radius 3 is 2.81 bits per heavy atom. The zero-order valence-corrected chi connectivity index (χ0v) is 14.9. The zero-order chi connectivity index (χ0) is 18.2. The van der Waals surface area contributed by atoms with Gasteiger partial charge in [0.15, 0.2) is 5.65 Å². The Kier molecular flexibility index (Phi) is 3.76. The minimum atomic E-state index is 0.536. The van der Waals surface area contributed by atoms with E-state index in [1.54, 1.807) is 10.8 Å². The van der Waals surface area contributed by atoms with Crippen LogP contribution in [0.5, 0.6) is 0 Å². The first-order valence-electron chi connectivity index (χ1n) is 8.46. The predicted octanol–water partition coefficient (Wildman–Crippen LogP) is 4.80. The van der Waals surface area contributed by atoms with Gasteiger partial charge in [0.1, 0.15) is 17.3 Å². The average Bonchev–Trinajstić information content (AvgIpc) is 3.36. The predicted molar refractivity (Wildman–Crippen MR) is 105 cm³/mol. The normalized spacial score (nSPS) is 11.3. The Hall–Kier alpha value is -3.38. The third kappa shape index (κ3) is 2.80. The molecule has 0 aliphatic heterocycles. The highest BCUT2D eigenvalue weighted by molar-refractivity contribution is 6.30. The summed E-state index contributed by atoms with van der Waals surface area (Å²) in [6.45, 7) is 0.536. The molecule has 0 bridgehead atoms. The quantitative estimate of drug-likeness (QED) is 0.488. The molecule has 0 unspecified atom stereocenters. The first kappa shape index (κ1) is 15.8. The van der Waals surface area contributed by atoms with Crippen molar-refractivity contribution in [2.45, 2.75) is 6.54 Å². The van der Waals surface area contributed by atoms with E-state index in [9.17, 15) is 0 Å². The van der Waals surface area contributed by atoms with E-state index in [1.807, 2.05) is 60.7 Å². The van der Waals surface area contributed by atoms with Crippen LogP contribution in [-0.2, 0) is 6.54 Å². The van der Waals surface area contributed by atoms with E-state index in [0.29, 0.717) is 22.9 Å². The van der Waals surface area contributed by atoms with Gasteiger partial charge in [0.05, 0.1) is 18.3 Å². The van der Waals surface area contributed by atoms with E-state index in [4.69, 9.17) is 21.0 Å². The largest absolute Gasteiger partial charge is 0.467 e. The number of nitrogens with zero attached hydrogens (tertiary/aromatic N) is 4. The smallest absolute Gasteiger partial charge is 0.186 e. The van der Waals surface area contributed by atoms with Crippen molar-refractivity contribution in [3.8, 4) is 11.3 Å². The van der Waals surface area contributed by atoms with Crippen LogP contribution in [0.25, 0.3) is 27.8 Å². The number of fused-ring (bicyclic) bond motifs is 3. The fraction of sp³-hybridized carbons (Fsp3) is 0.0500. The van der Waals surface area contributed by atoms with Crippen LogP contribution in [0.4, 0.5) is 5.82 Å². The van der Waals surface area contributed by atoms with Crippen molar-refractivity contribution < 1.29 is 4.42 Å². The molecule has 2 aromatic carbocycles. The van der Waals surface area contributed by atoms with Crippen molar-refractivity contribution >= 4 is 34.0 Å². The zero-order valence-electron chi connectivity index (χ0n) is 14.1. The number of halogens is 1.